The number of halogens is 1. The number of para-hydroxylation sites is 1. The van der Waals surface area contributed by atoms with Crippen molar-refractivity contribution >= 4 is 44.1 Å². The van der Waals surface area contributed by atoms with Gasteiger partial charge in [0.15, 0.2) is 0 Å². The van der Waals surface area contributed by atoms with Crippen LogP contribution in [-0.2, 0) is 33.3 Å². The number of furan rings is 1. The Hall–Kier alpha value is -2.97. The molecule has 0 aliphatic carbocycles. The fourth-order valence-corrected chi connectivity index (χ4v) is 5.25. The van der Waals surface area contributed by atoms with Crippen molar-refractivity contribution in [3.8, 4) is 0 Å². The van der Waals surface area contributed by atoms with E-state index in [9.17, 15) is 12.8 Å². The number of rotatable bonds is 7. The van der Waals surface area contributed by atoms with Crippen molar-refractivity contribution in [2.75, 3.05) is 10.5 Å². The Morgan fingerprint density at radius 2 is 1.77 bits per heavy atom. The monoisotopic (exact) mass is 442 g/mol. The normalized spacial score (nSPS) is 13.2. The average molecular weight is 443 g/mol. The second-order valence-corrected chi connectivity index (χ2v) is 9.32. The quantitative estimate of drug-likeness (QED) is 0.405. The lowest BCUT2D eigenvalue weighted by Crippen LogP contribution is -2.10. The summed E-state index contributed by atoms with van der Waals surface area (Å²) in [6.45, 7) is 0. The minimum Gasteiger partial charge on any atom is -0.460 e. The maximum Gasteiger partial charge on any atom is 0.134 e. The first-order valence-corrected chi connectivity index (χ1v) is 11.8. The molecule has 0 aliphatic rings. The van der Waals surface area contributed by atoms with E-state index in [4.69, 9.17) is 10.2 Å². The molecule has 0 saturated carbocycles. The summed E-state index contributed by atoms with van der Waals surface area (Å²) < 4.78 is 47.9. The summed E-state index contributed by atoms with van der Waals surface area (Å²) >= 11 is 0. The molecule has 0 spiro atoms. The Morgan fingerprint density at radius 1 is 0.933 bits per heavy atom. The highest BCUT2D eigenvalue weighted by molar-refractivity contribution is 7.86. The molecule has 0 fully saturated rings. The Labute approximate surface area is 178 Å². The standard InChI is InChI=1S/C22H19FN2O3S2/c23-17-8-9-22(29(26)13-15-4-3-6-18(24)10-15)20(12-17)25-30(27)14-19-11-16-5-1-2-7-21(16)28-19/h1-12,25H,13-14,24H2. The lowest BCUT2D eigenvalue weighted by Gasteiger charge is -2.11. The van der Waals surface area contributed by atoms with Crippen LogP contribution in [0.1, 0.15) is 11.3 Å². The minimum absolute atomic E-state index is 0.0898. The largest absolute Gasteiger partial charge is 0.460 e. The van der Waals surface area contributed by atoms with E-state index in [1.807, 2.05) is 36.4 Å². The number of hydrogen-bond acceptors (Lipinski definition) is 4. The highest BCUT2D eigenvalue weighted by Crippen LogP contribution is 2.25. The maximum atomic E-state index is 13.8. The Balaban J connectivity index is 1.52. The molecule has 154 valence electrons. The summed E-state index contributed by atoms with van der Waals surface area (Å²) in [5.74, 6) is 0.331. The van der Waals surface area contributed by atoms with Crippen molar-refractivity contribution in [3.63, 3.8) is 0 Å². The maximum absolute atomic E-state index is 13.8. The van der Waals surface area contributed by atoms with Gasteiger partial charge in [0.25, 0.3) is 0 Å². The van der Waals surface area contributed by atoms with Crippen LogP contribution in [0.4, 0.5) is 15.8 Å². The van der Waals surface area contributed by atoms with Crippen molar-refractivity contribution in [3.05, 3.63) is 89.9 Å². The van der Waals surface area contributed by atoms with Gasteiger partial charge in [-0.05, 0) is 48.0 Å². The summed E-state index contributed by atoms with van der Waals surface area (Å²) in [4.78, 5) is 0.372. The van der Waals surface area contributed by atoms with E-state index in [0.29, 0.717) is 21.9 Å². The van der Waals surface area contributed by atoms with Gasteiger partial charge in [0.1, 0.15) is 33.9 Å². The van der Waals surface area contributed by atoms with Crippen LogP contribution in [0.25, 0.3) is 11.0 Å². The molecule has 30 heavy (non-hydrogen) atoms. The lowest BCUT2D eigenvalue weighted by atomic mass is 10.2. The number of nitrogen functional groups attached to an aromatic ring is 1. The van der Waals surface area contributed by atoms with Crippen LogP contribution in [0.15, 0.2) is 82.1 Å². The van der Waals surface area contributed by atoms with E-state index in [-0.39, 0.29) is 17.2 Å². The van der Waals surface area contributed by atoms with Crippen molar-refractivity contribution in [1.29, 1.82) is 0 Å². The van der Waals surface area contributed by atoms with Crippen LogP contribution >= 0.6 is 0 Å². The summed E-state index contributed by atoms with van der Waals surface area (Å²) in [7, 11) is -3.08. The Kier molecular flexibility index (Phi) is 5.96. The number of hydrogen-bond donors (Lipinski definition) is 2. The van der Waals surface area contributed by atoms with Gasteiger partial charge in [0.05, 0.1) is 27.1 Å². The second kappa shape index (κ2) is 8.81. The zero-order chi connectivity index (χ0) is 21.1. The number of benzene rings is 3. The molecule has 3 aromatic carbocycles. The first kappa shape index (κ1) is 20.3. The molecule has 1 aromatic heterocycles. The summed E-state index contributed by atoms with van der Waals surface area (Å²) in [5.41, 5.74) is 8.09. The van der Waals surface area contributed by atoms with Gasteiger partial charge in [-0.3, -0.25) is 4.21 Å². The van der Waals surface area contributed by atoms with Gasteiger partial charge in [-0.25, -0.2) is 8.60 Å². The molecule has 0 radical (unpaired) electrons. The van der Waals surface area contributed by atoms with Gasteiger partial charge in [-0.2, -0.15) is 0 Å². The number of nitrogens with one attached hydrogen (secondary N) is 1. The number of anilines is 2. The molecular formula is C22H19FN2O3S2. The van der Waals surface area contributed by atoms with Gasteiger partial charge < -0.3 is 14.9 Å². The molecule has 0 aliphatic heterocycles. The third-order valence-electron chi connectivity index (χ3n) is 4.41. The van der Waals surface area contributed by atoms with E-state index >= 15 is 0 Å². The van der Waals surface area contributed by atoms with E-state index < -0.39 is 27.6 Å². The molecule has 1 heterocycles. The zero-order valence-corrected chi connectivity index (χ0v) is 17.5. The first-order chi connectivity index (χ1) is 14.5. The van der Waals surface area contributed by atoms with Gasteiger partial charge in [0, 0.05) is 11.1 Å². The average Bonchev–Trinajstić information content (AvgIpc) is 3.10. The van der Waals surface area contributed by atoms with Gasteiger partial charge in [-0.1, -0.05) is 30.3 Å². The molecule has 2 atom stereocenters. The molecule has 4 aromatic rings. The number of nitrogens with two attached hydrogens (primary N) is 1. The molecule has 4 rings (SSSR count). The smallest absolute Gasteiger partial charge is 0.134 e. The van der Waals surface area contributed by atoms with Crippen LogP contribution in [0.5, 0.6) is 0 Å². The SMILES string of the molecule is Nc1cccc(CS(=O)c2ccc(F)cc2NS(=O)Cc2cc3ccccc3o2)c1. The third kappa shape index (κ3) is 4.77. The molecule has 2 unspecified atom stereocenters. The van der Waals surface area contributed by atoms with Crippen LogP contribution in [0.3, 0.4) is 0 Å². The van der Waals surface area contributed by atoms with E-state index in [1.54, 1.807) is 18.2 Å². The molecular weight excluding hydrogens is 423 g/mol. The highest BCUT2D eigenvalue weighted by atomic mass is 32.2. The minimum atomic E-state index is -1.60. The predicted octanol–water partition coefficient (Wildman–Crippen LogP) is 4.74. The molecule has 0 saturated heterocycles. The molecule has 5 nitrogen and oxygen atoms in total. The van der Waals surface area contributed by atoms with E-state index in [1.165, 1.54) is 18.2 Å². The lowest BCUT2D eigenvalue weighted by molar-refractivity contribution is 0.570. The molecule has 0 amide bonds. The van der Waals surface area contributed by atoms with Crippen molar-refractivity contribution in [2.45, 2.75) is 16.4 Å². The second-order valence-electron chi connectivity index (χ2n) is 6.72. The van der Waals surface area contributed by atoms with Gasteiger partial charge in [-0.15, -0.1) is 0 Å². The van der Waals surface area contributed by atoms with Crippen molar-refractivity contribution in [2.24, 2.45) is 0 Å². The topological polar surface area (TPSA) is 85.3 Å². The fraction of sp³-hybridized carbons (Fsp3) is 0.0909. The van der Waals surface area contributed by atoms with Gasteiger partial charge >= 0.3 is 0 Å². The van der Waals surface area contributed by atoms with E-state index in [0.717, 1.165) is 10.9 Å². The van der Waals surface area contributed by atoms with E-state index in [2.05, 4.69) is 4.72 Å². The highest BCUT2D eigenvalue weighted by Gasteiger charge is 2.15. The van der Waals surface area contributed by atoms with Crippen LogP contribution < -0.4 is 10.5 Å². The van der Waals surface area contributed by atoms with Crippen LogP contribution in [-0.4, -0.2) is 8.42 Å². The Morgan fingerprint density at radius 3 is 2.57 bits per heavy atom. The molecule has 8 heteroatoms. The van der Waals surface area contributed by atoms with Crippen molar-refractivity contribution in [1.82, 2.24) is 0 Å². The van der Waals surface area contributed by atoms with Crippen molar-refractivity contribution < 1.29 is 17.2 Å². The summed E-state index contributed by atoms with van der Waals surface area (Å²) in [6, 6.07) is 20.3. The number of fused-ring (bicyclic) bond motifs is 1. The zero-order valence-electron chi connectivity index (χ0n) is 15.8. The fourth-order valence-electron chi connectivity index (χ4n) is 3.09. The molecule has 0 bridgehead atoms. The van der Waals surface area contributed by atoms with Crippen LogP contribution in [0, 0.1) is 5.82 Å². The molecule has 3 N–H and O–H groups in total. The Bertz CT molecular complexity index is 1220. The first-order valence-electron chi connectivity index (χ1n) is 9.13. The van der Waals surface area contributed by atoms with Crippen LogP contribution in [0.2, 0.25) is 0 Å². The predicted molar refractivity (Wildman–Crippen MR) is 119 cm³/mol. The summed E-state index contributed by atoms with van der Waals surface area (Å²) in [5, 5.41) is 0.916. The third-order valence-corrected chi connectivity index (χ3v) is 6.85. The van der Waals surface area contributed by atoms with Gasteiger partial charge in [0.2, 0.25) is 0 Å². The summed E-state index contributed by atoms with van der Waals surface area (Å²) in [6.07, 6.45) is 0.